The smallest absolute Gasteiger partial charge is 0.249 e. The Kier molecular flexibility index (Phi) is 30.7. The molecule has 1 aliphatic heterocycles. The average Bonchev–Trinajstić information content (AvgIpc) is 3.16. The molecule has 0 bridgehead atoms. The molecule has 11 heteroatoms. The van der Waals surface area contributed by atoms with Crippen molar-refractivity contribution in [3.8, 4) is 0 Å². The van der Waals surface area contributed by atoms with Gasteiger partial charge in [-0.2, -0.15) is 0 Å². The van der Waals surface area contributed by atoms with Crippen molar-refractivity contribution in [1.82, 2.24) is 5.32 Å². The van der Waals surface area contributed by atoms with Crippen molar-refractivity contribution in [3.05, 3.63) is 24.3 Å². The first-order valence-electron chi connectivity index (χ1n) is 21.2. The average molecular weight is 758 g/mol. The summed E-state index contributed by atoms with van der Waals surface area (Å²) in [4.78, 5) is 13.0. The van der Waals surface area contributed by atoms with Gasteiger partial charge < -0.3 is 50.5 Å². The number of hydrogen-bond acceptors (Lipinski definition) is 10. The standard InChI is InChI=1S/C42H79NO10/c1-3-5-7-9-11-12-13-14-15-16-17-18-19-20-21-22-23-24-26-28-30-35(46)41(51)43-33(37(47)34(45)29-27-25-10-8-6-4-2)32-52-42-40(50)39(49)38(48)36(31-44)53-42/h8,10,18-19,33-40,42,44-50H,3-7,9,11-17,20-32H2,1-2H3,(H,43,51)/b10-8+,19-18-. The number of carbonyl (C=O) groups excluding carboxylic acids is 1. The van der Waals surface area contributed by atoms with Crippen molar-refractivity contribution >= 4 is 5.91 Å². The molecule has 9 atom stereocenters. The highest BCUT2D eigenvalue weighted by atomic mass is 16.7. The topological polar surface area (TPSA) is 189 Å². The summed E-state index contributed by atoms with van der Waals surface area (Å²) in [6.45, 7) is 3.27. The molecule has 1 heterocycles. The molecule has 8 N–H and O–H groups in total. The van der Waals surface area contributed by atoms with Crippen molar-refractivity contribution in [2.45, 2.75) is 223 Å². The lowest BCUT2D eigenvalue weighted by molar-refractivity contribution is -0.303. The van der Waals surface area contributed by atoms with Gasteiger partial charge in [0.2, 0.25) is 5.91 Å². The molecule has 0 aliphatic carbocycles. The number of allylic oxidation sites excluding steroid dienone is 4. The van der Waals surface area contributed by atoms with Crippen LogP contribution in [-0.4, -0.2) is 110 Å². The van der Waals surface area contributed by atoms with Gasteiger partial charge in [-0.3, -0.25) is 4.79 Å². The highest BCUT2D eigenvalue weighted by molar-refractivity contribution is 5.80. The van der Waals surface area contributed by atoms with E-state index in [-0.39, 0.29) is 12.8 Å². The molecule has 1 amide bonds. The Balaban J connectivity index is 2.38. The second kappa shape index (κ2) is 32.8. The normalized spacial score (nSPS) is 23.1. The Bertz CT molecular complexity index is 918. The molecule has 0 aromatic heterocycles. The van der Waals surface area contributed by atoms with Crippen molar-refractivity contribution in [1.29, 1.82) is 0 Å². The lowest BCUT2D eigenvalue weighted by Crippen LogP contribution is -2.60. The molecule has 312 valence electrons. The van der Waals surface area contributed by atoms with Gasteiger partial charge in [-0.1, -0.05) is 134 Å². The first-order valence-corrected chi connectivity index (χ1v) is 21.2. The fourth-order valence-corrected chi connectivity index (χ4v) is 6.62. The quantitative estimate of drug-likeness (QED) is 0.0291. The largest absolute Gasteiger partial charge is 0.394 e. The number of carbonyl (C=O) groups is 1. The van der Waals surface area contributed by atoms with Crippen LogP contribution >= 0.6 is 0 Å². The Morgan fingerprint density at radius 2 is 1.15 bits per heavy atom. The molecule has 1 aliphatic rings. The third-order valence-corrected chi connectivity index (χ3v) is 10.2. The molecular weight excluding hydrogens is 678 g/mol. The minimum absolute atomic E-state index is 0.247. The van der Waals surface area contributed by atoms with Crippen LogP contribution in [0.1, 0.15) is 168 Å². The summed E-state index contributed by atoms with van der Waals surface area (Å²) < 4.78 is 11.0. The van der Waals surface area contributed by atoms with Crippen molar-refractivity contribution < 1.29 is 50.0 Å². The number of ether oxygens (including phenoxy) is 2. The Morgan fingerprint density at radius 1 is 0.642 bits per heavy atom. The fraction of sp³-hybridized carbons (Fsp3) is 0.881. The summed E-state index contributed by atoms with van der Waals surface area (Å²) in [5.74, 6) is -0.717. The van der Waals surface area contributed by atoms with E-state index in [2.05, 4.69) is 37.4 Å². The van der Waals surface area contributed by atoms with Gasteiger partial charge in [-0.05, 0) is 57.8 Å². The van der Waals surface area contributed by atoms with Gasteiger partial charge in [0.15, 0.2) is 6.29 Å². The summed E-state index contributed by atoms with van der Waals surface area (Å²) in [6, 6.07) is -1.18. The van der Waals surface area contributed by atoms with E-state index in [0.29, 0.717) is 12.8 Å². The van der Waals surface area contributed by atoms with Crippen LogP contribution in [0.5, 0.6) is 0 Å². The van der Waals surface area contributed by atoms with Gasteiger partial charge in [0.1, 0.15) is 36.6 Å². The van der Waals surface area contributed by atoms with E-state index in [9.17, 15) is 40.5 Å². The Labute approximate surface area is 321 Å². The summed E-state index contributed by atoms with van der Waals surface area (Å²) in [7, 11) is 0. The maximum atomic E-state index is 13.0. The van der Waals surface area contributed by atoms with Crippen LogP contribution in [-0.2, 0) is 14.3 Å². The molecule has 53 heavy (non-hydrogen) atoms. The highest BCUT2D eigenvalue weighted by Gasteiger charge is 2.44. The predicted molar refractivity (Wildman–Crippen MR) is 210 cm³/mol. The van der Waals surface area contributed by atoms with E-state index in [1.165, 1.54) is 70.6 Å². The summed E-state index contributed by atoms with van der Waals surface area (Å²) in [5.41, 5.74) is 0. The molecule has 1 fully saturated rings. The van der Waals surface area contributed by atoms with E-state index in [1.807, 2.05) is 6.08 Å². The van der Waals surface area contributed by atoms with Gasteiger partial charge in [0.25, 0.3) is 0 Å². The van der Waals surface area contributed by atoms with Crippen LogP contribution in [0.4, 0.5) is 0 Å². The van der Waals surface area contributed by atoms with Crippen molar-refractivity contribution in [3.63, 3.8) is 0 Å². The van der Waals surface area contributed by atoms with Gasteiger partial charge in [-0.15, -0.1) is 0 Å². The first kappa shape index (κ1) is 49.6. The zero-order chi connectivity index (χ0) is 39.1. The minimum atomic E-state index is -1.66. The molecule has 1 rings (SSSR count). The first-order chi connectivity index (χ1) is 25.7. The third-order valence-electron chi connectivity index (χ3n) is 10.2. The highest BCUT2D eigenvalue weighted by Crippen LogP contribution is 2.23. The predicted octanol–water partition coefficient (Wildman–Crippen LogP) is 5.89. The van der Waals surface area contributed by atoms with Gasteiger partial charge in [-0.25, -0.2) is 0 Å². The molecule has 9 unspecified atom stereocenters. The number of nitrogens with one attached hydrogen (secondary N) is 1. The van der Waals surface area contributed by atoms with Crippen LogP contribution in [0, 0.1) is 0 Å². The number of rotatable bonds is 34. The maximum Gasteiger partial charge on any atom is 0.249 e. The lowest BCUT2D eigenvalue weighted by Gasteiger charge is -2.40. The second-order valence-electron chi connectivity index (χ2n) is 15.1. The summed E-state index contributed by atoms with van der Waals surface area (Å²) in [6.07, 6.45) is 22.9. The molecule has 0 radical (unpaired) electrons. The molecule has 0 aromatic rings. The van der Waals surface area contributed by atoms with Crippen LogP contribution in [0.3, 0.4) is 0 Å². The molecule has 0 saturated carbocycles. The van der Waals surface area contributed by atoms with Gasteiger partial charge in [0, 0.05) is 0 Å². The Morgan fingerprint density at radius 3 is 1.70 bits per heavy atom. The fourth-order valence-electron chi connectivity index (χ4n) is 6.62. The van der Waals surface area contributed by atoms with Crippen LogP contribution in [0.15, 0.2) is 24.3 Å². The summed E-state index contributed by atoms with van der Waals surface area (Å²) >= 11 is 0. The zero-order valence-electron chi connectivity index (χ0n) is 33.2. The van der Waals surface area contributed by atoms with E-state index >= 15 is 0 Å². The number of hydrogen-bond donors (Lipinski definition) is 8. The van der Waals surface area contributed by atoms with Crippen LogP contribution < -0.4 is 5.32 Å². The number of unbranched alkanes of at least 4 members (excludes halogenated alkanes) is 18. The monoisotopic (exact) mass is 758 g/mol. The maximum absolute atomic E-state index is 13.0. The van der Waals surface area contributed by atoms with E-state index in [4.69, 9.17) is 9.47 Å². The van der Waals surface area contributed by atoms with Crippen molar-refractivity contribution in [2.24, 2.45) is 0 Å². The van der Waals surface area contributed by atoms with Crippen molar-refractivity contribution in [2.75, 3.05) is 13.2 Å². The van der Waals surface area contributed by atoms with E-state index < -0.39 is 74.2 Å². The SMILES string of the molecule is CCC/C=C/CCCC(O)C(O)C(COC1OC(CO)C(O)C(O)C1O)NC(=O)C(O)CCCCCCCC/C=C\CCCCCCCCCCCC. The third kappa shape index (κ3) is 23.3. The number of amides is 1. The zero-order valence-corrected chi connectivity index (χ0v) is 33.2. The number of aliphatic hydroxyl groups is 7. The molecule has 11 nitrogen and oxygen atoms in total. The minimum Gasteiger partial charge on any atom is -0.394 e. The molecule has 0 spiro atoms. The molecular formula is C42H79NO10. The van der Waals surface area contributed by atoms with Gasteiger partial charge in [0.05, 0.1) is 25.4 Å². The van der Waals surface area contributed by atoms with Gasteiger partial charge >= 0.3 is 0 Å². The van der Waals surface area contributed by atoms with Crippen LogP contribution in [0.25, 0.3) is 0 Å². The second-order valence-corrected chi connectivity index (χ2v) is 15.1. The molecule has 1 saturated heterocycles. The summed E-state index contributed by atoms with van der Waals surface area (Å²) in [5, 5.41) is 74.9. The van der Waals surface area contributed by atoms with E-state index in [0.717, 1.165) is 57.8 Å². The molecule has 0 aromatic carbocycles. The Hall–Kier alpha value is -1.41. The number of aliphatic hydroxyl groups excluding tert-OH is 7. The lowest BCUT2D eigenvalue weighted by atomic mass is 9.98. The van der Waals surface area contributed by atoms with Crippen LogP contribution in [0.2, 0.25) is 0 Å². The van der Waals surface area contributed by atoms with E-state index in [1.54, 1.807) is 0 Å².